The predicted molar refractivity (Wildman–Crippen MR) is 115 cm³/mol. The SMILES string of the molecule is Cc1cc2c(cc1S(=O)(=O)N1CCC[C@@H]1C(=O)NCc1ccccc1)O[C@@H](C)C(=O)N2. The van der Waals surface area contributed by atoms with Gasteiger partial charge in [0.1, 0.15) is 11.8 Å². The number of nitrogens with zero attached hydrogens (tertiary/aromatic N) is 1. The van der Waals surface area contributed by atoms with Gasteiger partial charge in [-0.2, -0.15) is 4.31 Å². The lowest BCUT2D eigenvalue weighted by molar-refractivity contribution is -0.124. The maximum atomic E-state index is 13.5. The minimum Gasteiger partial charge on any atom is -0.479 e. The molecule has 2 heterocycles. The number of rotatable bonds is 5. The lowest BCUT2D eigenvalue weighted by atomic mass is 10.1. The van der Waals surface area contributed by atoms with Crippen molar-refractivity contribution in [2.24, 2.45) is 0 Å². The van der Waals surface area contributed by atoms with Gasteiger partial charge in [0.25, 0.3) is 5.91 Å². The van der Waals surface area contributed by atoms with Gasteiger partial charge in [-0.15, -0.1) is 0 Å². The fourth-order valence-electron chi connectivity index (χ4n) is 3.94. The second-order valence-corrected chi connectivity index (χ2v) is 9.70. The Morgan fingerprint density at radius 2 is 2.00 bits per heavy atom. The van der Waals surface area contributed by atoms with Gasteiger partial charge >= 0.3 is 0 Å². The van der Waals surface area contributed by atoms with Crippen molar-refractivity contribution in [1.29, 1.82) is 0 Å². The number of hydrogen-bond acceptors (Lipinski definition) is 5. The molecule has 2 N–H and O–H groups in total. The summed E-state index contributed by atoms with van der Waals surface area (Å²) < 4.78 is 33.8. The van der Waals surface area contributed by atoms with E-state index in [0.717, 1.165) is 5.56 Å². The molecule has 2 aromatic rings. The molecule has 31 heavy (non-hydrogen) atoms. The molecule has 0 saturated carbocycles. The molecule has 0 aromatic heterocycles. The van der Waals surface area contributed by atoms with Crippen molar-refractivity contribution in [2.45, 2.75) is 50.3 Å². The van der Waals surface area contributed by atoms with E-state index < -0.39 is 22.2 Å². The molecular formula is C22H25N3O5S. The van der Waals surface area contributed by atoms with E-state index in [2.05, 4.69) is 10.6 Å². The summed E-state index contributed by atoms with van der Waals surface area (Å²) in [5.41, 5.74) is 1.87. The van der Waals surface area contributed by atoms with Gasteiger partial charge in [0.05, 0.1) is 10.6 Å². The molecule has 0 unspecified atom stereocenters. The van der Waals surface area contributed by atoms with E-state index in [1.165, 1.54) is 10.4 Å². The first-order valence-electron chi connectivity index (χ1n) is 10.2. The van der Waals surface area contributed by atoms with E-state index in [9.17, 15) is 18.0 Å². The van der Waals surface area contributed by atoms with Crippen molar-refractivity contribution in [1.82, 2.24) is 9.62 Å². The van der Waals surface area contributed by atoms with Crippen LogP contribution >= 0.6 is 0 Å². The molecule has 4 rings (SSSR count). The molecule has 2 amide bonds. The summed E-state index contributed by atoms with van der Waals surface area (Å²) in [6.45, 7) is 3.88. The summed E-state index contributed by atoms with van der Waals surface area (Å²) >= 11 is 0. The summed E-state index contributed by atoms with van der Waals surface area (Å²) in [7, 11) is -3.93. The number of ether oxygens (including phenoxy) is 1. The Labute approximate surface area is 181 Å². The van der Waals surface area contributed by atoms with Gasteiger partial charge in [0.15, 0.2) is 6.10 Å². The molecule has 164 valence electrons. The van der Waals surface area contributed by atoms with Gasteiger partial charge in [-0.25, -0.2) is 8.42 Å². The molecule has 0 aliphatic carbocycles. The number of aryl methyl sites for hydroxylation is 1. The van der Waals surface area contributed by atoms with Crippen LogP contribution in [0.2, 0.25) is 0 Å². The van der Waals surface area contributed by atoms with E-state index in [1.807, 2.05) is 30.3 Å². The van der Waals surface area contributed by atoms with Crippen LogP contribution in [0.25, 0.3) is 0 Å². The normalized spacial score (nSPS) is 21.2. The number of benzene rings is 2. The zero-order chi connectivity index (χ0) is 22.2. The monoisotopic (exact) mass is 443 g/mol. The Kier molecular flexibility index (Phi) is 5.72. The summed E-state index contributed by atoms with van der Waals surface area (Å²) in [6.07, 6.45) is 0.359. The van der Waals surface area contributed by atoms with Crippen molar-refractivity contribution >= 4 is 27.5 Å². The minimum absolute atomic E-state index is 0.0809. The molecule has 9 heteroatoms. The van der Waals surface area contributed by atoms with Crippen LogP contribution in [0.5, 0.6) is 5.75 Å². The second kappa shape index (κ2) is 8.32. The van der Waals surface area contributed by atoms with Crippen LogP contribution in [0.3, 0.4) is 0 Å². The number of nitrogens with one attached hydrogen (secondary N) is 2. The van der Waals surface area contributed by atoms with E-state index in [-0.39, 0.29) is 23.3 Å². The van der Waals surface area contributed by atoms with Crippen LogP contribution in [0, 0.1) is 6.92 Å². The van der Waals surface area contributed by atoms with Crippen LogP contribution in [-0.4, -0.2) is 43.2 Å². The molecule has 8 nitrogen and oxygen atoms in total. The zero-order valence-electron chi connectivity index (χ0n) is 17.4. The van der Waals surface area contributed by atoms with Gasteiger partial charge < -0.3 is 15.4 Å². The molecule has 1 fully saturated rings. The number of hydrogen-bond donors (Lipinski definition) is 2. The molecule has 2 atom stereocenters. The van der Waals surface area contributed by atoms with Crippen LogP contribution in [0.4, 0.5) is 5.69 Å². The topological polar surface area (TPSA) is 105 Å². The maximum Gasteiger partial charge on any atom is 0.265 e. The van der Waals surface area contributed by atoms with Crippen molar-refractivity contribution in [3.8, 4) is 5.75 Å². The highest BCUT2D eigenvalue weighted by Crippen LogP contribution is 2.36. The standard InChI is InChI=1S/C22H25N3O5S/c1-14-11-17-19(30-15(2)21(26)24-17)12-20(14)31(28,29)25-10-6-9-18(25)22(27)23-13-16-7-4-3-5-8-16/h3-5,7-8,11-12,15,18H,6,9-10,13H2,1-2H3,(H,23,27)(H,24,26)/t15-,18+/m0/s1. The van der Waals surface area contributed by atoms with Gasteiger partial charge in [0, 0.05) is 19.2 Å². The minimum atomic E-state index is -3.93. The van der Waals surface area contributed by atoms with E-state index in [0.29, 0.717) is 36.4 Å². The Balaban J connectivity index is 1.57. The molecule has 1 saturated heterocycles. The quantitative estimate of drug-likeness (QED) is 0.737. The molecule has 2 aliphatic rings. The first-order chi connectivity index (χ1) is 14.8. The van der Waals surface area contributed by atoms with Gasteiger partial charge in [-0.05, 0) is 43.9 Å². The van der Waals surface area contributed by atoms with E-state index >= 15 is 0 Å². The van der Waals surface area contributed by atoms with Crippen LogP contribution in [0.15, 0.2) is 47.4 Å². The number of anilines is 1. The Morgan fingerprint density at radius 3 is 2.74 bits per heavy atom. The Hall–Kier alpha value is -2.91. The molecule has 0 bridgehead atoms. The van der Waals surface area contributed by atoms with Gasteiger partial charge in [-0.1, -0.05) is 30.3 Å². The molecular weight excluding hydrogens is 418 g/mol. The van der Waals surface area contributed by atoms with Crippen molar-refractivity contribution in [2.75, 3.05) is 11.9 Å². The number of fused-ring (bicyclic) bond motifs is 1. The highest BCUT2D eigenvalue weighted by Gasteiger charge is 2.40. The van der Waals surface area contributed by atoms with Crippen LogP contribution in [0.1, 0.15) is 30.9 Å². The summed E-state index contributed by atoms with van der Waals surface area (Å²) in [5.74, 6) is -0.282. The number of carbonyl (C=O) groups excluding carboxylic acids is 2. The van der Waals surface area contributed by atoms with Crippen LogP contribution in [-0.2, 0) is 26.2 Å². The highest BCUT2D eigenvalue weighted by molar-refractivity contribution is 7.89. The molecule has 0 radical (unpaired) electrons. The Morgan fingerprint density at radius 1 is 1.26 bits per heavy atom. The number of sulfonamides is 1. The van der Waals surface area contributed by atoms with Crippen molar-refractivity contribution in [3.63, 3.8) is 0 Å². The fraction of sp³-hybridized carbons (Fsp3) is 0.364. The van der Waals surface area contributed by atoms with E-state index in [4.69, 9.17) is 4.74 Å². The first kappa shape index (κ1) is 21.3. The summed E-state index contributed by atoms with van der Waals surface area (Å²) in [5, 5.41) is 5.57. The lowest BCUT2D eigenvalue weighted by Gasteiger charge is -2.27. The first-order valence-corrected chi connectivity index (χ1v) is 11.7. The summed E-state index contributed by atoms with van der Waals surface area (Å²) in [4.78, 5) is 24.7. The van der Waals surface area contributed by atoms with E-state index in [1.54, 1.807) is 19.9 Å². The smallest absolute Gasteiger partial charge is 0.265 e. The number of carbonyl (C=O) groups is 2. The van der Waals surface area contributed by atoms with Crippen molar-refractivity contribution in [3.05, 3.63) is 53.6 Å². The fourth-order valence-corrected chi connectivity index (χ4v) is 5.82. The Bertz CT molecular complexity index is 1120. The third-order valence-electron chi connectivity index (χ3n) is 5.61. The summed E-state index contributed by atoms with van der Waals surface area (Å²) in [6, 6.07) is 11.7. The van der Waals surface area contributed by atoms with Gasteiger partial charge in [0.2, 0.25) is 15.9 Å². The van der Waals surface area contributed by atoms with Crippen molar-refractivity contribution < 1.29 is 22.7 Å². The average Bonchev–Trinajstić information content (AvgIpc) is 3.24. The molecule has 2 aliphatic heterocycles. The van der Waals surface area contributed by atoms with Gasteiger partial charge in [-0.3, -0.25) is 9.59 Å². The third-order valence-corrected chi connectivity index (χ3v) is 7.66. The van der Waals surface area contributed by atoms with Crippen LogP contribution < -0.4 is 15.4 Å². The zero-order valence-corrected chi connectivity index (χ0v) is 18.2. The third kappa shape index (κ3) is 4.15. The molecule has 0 spiro atoms. The number of amides is 2. The predicted octanol–water partition coefficient (Wildman–Crippen LogP) is 2.18. The largest absolute Gasteiger partial charge is 0.479 e. The second-order valence-electron chi connectivity index (χ2n) is 7.84. The lowest BCUT2D eigenvalue weighted by Crippen LogP contribution is -2.45. The average molecular weight is 444 g/mol. The maximum absolute atomic E-state index is 13.5. The molecule has 2 aromatic carbocycles. The highest BCUT2D eigenvalue weighted by atomic mass is 32.2.